The van der Waals surface area contributed by atoms with Crippen LogP contribution in [-0.2, 0) is 0 Å². The number of nitro groups is 1. The minimum Gasteiger partial charge on any atom is -0.308 e. The van der Waals surface area contributed by atoms with E-state index in [1.54, 1.807) is 6.33 Å². The van der Waals surface area contributed by atoms with Gasteiger partial charge in [-0.1, -0.05) is 23.8 Å². The van der Waals surface area contributed by atoms with Gasteiger partial charge in [0.05, 0.1) is 12.4 Å². The highest BCUT2D eigenvalue weighted by molar-refractivity contribution is 6.33. The standard InChI is InChI=1S/C11H10ClN5O2/c12-10-9-11(14-5-13-10)16(6-15-9)8-2-1-7(3-8)4-17(18)19/h1-2,5-8H,3-4H2/t7-,8+/m0/s1. The van der Waals surface area contributed by atoms with E-state index in [9.17, 15) is 10.1 Å². The summed E-state index contributed by atoms with van der Waals surface area (Å²) in [5, 5.41) is 10.8. The van der Waals surface area contributed by atoms with E-state index >= 15 is 0 Å². The second-order valence-corrected chi connectivity index (χ2v) is 4.81. The van der Waals surface area contributed by atoms with E-state index in [1.807, 2.05) is 16.7 Å². The van der Waals surface area contributed by atoms with Crippen molar-refractivity contribution in [2.45, 2.75) is 12.5 Å². The monoisotopic (exact) mass is 279 g/mol. The minimum atomic E-state index is -0.289. The molecule has 98 valence electrons. The van der Waals surface area contributed by atoms with Crippen molar-refractivity contribution in [3.05, 3.63) is 40.1 Å². The fraction of sp³-hybridized carbons (Fsp3) is 0.364. The molecular weight excluding hydrogens is 270 g/mol. The van der Waals surface area contributed by atoms with E-state index in [1.165, 1.54) is 6.33 Å². The van der Waals surface area contributed by atoms with E-state index in [-0.39, 0.29) is 23.4 Å². The Bertz CT molecular complexity index is 668. The number of nitrogens with zero attached hydrogens (tertiary/aromatic N) is 5. The summed E-state index contributed by atoms with van der Waals surface area (Å²) in [5.74, 6) is -0.0465. The number of halogens is 1. The van der Waals surface area contributed by atoms with Crippen molar-refractivity contribution < 1.29 is 4.92 Å². The predicted molar refractivity (Wildman–Crippen MR) is 68.5 cm³/mol. The lowest BCUT2D eigenvalue weighted by Gasteiger charge is -2.11. The van der Waals surface area contributed by atoms with Crippen molar-refractivity contribution >= 4 is 22.8 Å². The highest BCUT2D eigenvalue weighted by atomic mass is 35.5. The molecule has 0 saturated carbocycles. The van der Waals surface area contributed by atoms with Crippen molar-refractivity contribution in [1.29, 1.82) is 0 Å². The Hall–Kier alpha value is -2.02. The molecule has 0 fully saturated rings. The van der Waals surface area contributed by atoms with Crippen molar-refractivity contribution in [2.75, 3.05) is 6.54 Å². The first kappa shape index (κ1) is 12.0. The molecule has 7 nitrogen and oxygen atoms in total. The summed E-state index contributed by atoms with van der Waals surface area (Å²) in [5.41, 5.74) is 1.20. The van der Waals surface area contributed by atoms with Gasteiger partial charge in [-0.3, -0.25) is 10.1 Å². The van der Waals surface area contributed by atoms with E-state index in [2.05, 4.69) is 15.0 Å². The van der Waals surface area contributed by atoms with Crippen molar-refractivity contribution in [2.24, 2.45) is 5.92 Å². The van der Waals surface area contributed by atoms with Gasteiger partial charge in [0, 0.05) is 10.8 Å². The summed E-state index contributed by atoms with van der Waals surface area (Å²) >= 11 is 5.94. The van der Waals surface area contributed by atoms with Gasteiger partial charge < -0.3 is 4.57 Å². The average molecular weight is 280 g/mol. The lowest BCUT2D eigenvalue weighted by molar-refractivity contribution is -0.485. The highest BCUT2D eigenvalue weighted by Crippen LogP contribution is 2.30. The fourth-order valence-corrected chi connectivity index (χ4v) is 2.53. The summed E-state index contributed by atoms with van der Waals surface area (Å²) in [7, 11) is 0. The first-order chi connectivity index (χ1) is 9.15. The molecule has 2 aromatic rings. The Balaban J connectivity index is 1.89. The zero-order valence-electron chi connectivity index (χ0n) is 9.81. The Morgan fingerprint density at radius 2 is 2.26 bits per heavy atom. The van der Waals surface area contributed by atoms with Crippen molar-refractivity contribution in [3.63, 3.8) is 0 Å². The quantitative estimate of drug-likeness (QED) is 0.370. The molecule has 0 spiro atoms. The number of hydrogen-bond donors (Lipinski definition) is 0. The van der Waals surface area contributed by atoms with Crippen LogP contribution in [0.5, 0.6) is 0 Å². The second kappa shape index (κ2) is 4.58. The van der Waals surface area contributed by atoms with Crippen LogP contribution in [0.3, 0.4) is 0 Å². The van der Waals surface area contributed by atoms with Gasteiger partial charge in [0.15, 0.2) is 10.8 Å². The van der Waals surface area contributed by atoms with Crippen LogP contribution in [-0.4, -0.2) is 31.0 Å². The highest BCUT2D eigenvalue weighted by Gasteiger charge is 2.25. The first-order valence-electron chi connectivity index (χ1n) is 5.78. The lowest BCUT2D eigenvalue weighted by Crippen LogP contribution is -2.13. The number of hydrogen-bond acceptors (Lipinski definition) is 5. The van der Waals surface area contributed by atoms with Crippen LogP contribution in [0.4, 0.5) is 0 Å². The maximum absolute atomic E-state index is 10.5. The predicted octanol–water partition coefficient (Wildman–Crippen LogP) is 1.87. The zero-order valence-corrected chi connectivity index (χ0v) is 10.6. The molecule has 0 unspecified atom stereocenters. The molecule has 3 rings (SSSR count). The van der Waals surface area contributed by atoms with E-state index in [4.69, 9.17) is 11.6 Å². The maximum atomic E-state index is 10.5. The number of allylic oxidation sites excluding steroid dienone is 1. The topological polar surface area (TPSA) is 86.7 Å². The number of fused-ring (bicyclic) bond motifs is 1. The molecule has 0 N–H and O–H groups in total. The molecule has 2 atom stereocenters. The average Bonchev–Trinajstić information content (AvgIpc) is 2.95. The molecule has 0 aromatic carbocycles. The lowest BCUT2D eigenvalue weighted by atomic mass is 10.1. The molecular formula is C11H10ClN5O2. The normalized spacial score (nSPS) is 22.2. The number of rotatable bonds is 3. The van der Waals surface area contributed by atoms with Gasteiger partial charge >= 0.3 is 0 Å². The maximum Gasteiger partial charge on any atom is 0.210 e. The molecule has 0 saturated heterocycles. The van der Waals surface area contributed by atoms with E-state index in [0.29, 0.717) is 22.7 Å². The van der Waals surface area contributed by atoms with Gasteiger partial charge in [-0.05, 0) is 6.42 Å². The van der Waals surface area contributed by atoms with Crippen LogP contribution in [0, 0.1) is 16.0 Å². The Labute approximate surface area is 113 Å². The van der Waals surface area contributed by atoms with Crippen molar-refractivity contribution in [3.8, 4) is 0 Å². The van der Waals surface area contributed by atoms with Crippen LogP contribution < -0.4 is 0 Å². The zero-order chi connectivity index (χ0) is 13.4. The summed E-state index contributed by atoms with van der Waals surface area (Å²) < 4.78 is 1.87. The Morgan fingerprint density at radius 3 is 3.05 bits per heavy atom. The van der Waals surface area contributed by atoms with Crippen LogP contribution in [0.15, 0.2) is 24.8 Å². The Kier molecular flexibility index (Phi) is 2.90. The third-order valence-corrected chi connectivity index (χ3v) is 3.48. The van der Waals surface area contributed by atoms with Gasteiger partial charge in [0.2, 0.25) is 6.54 Å². The third kappa shape index (κ3) is 2.17. The summed E-state index contributed by atoms with van der Waals surface area (Å²) in [6.45, 7) is -0.0463. The summed E-state index contributed by atoms with van der Waals surface area (Å²) in [6.07, 6.45) is 7.53. The van der Waals surface area contributed by atoms with E-state index in [0.717, 1.165) is 0 Å². The largest absolute Gasteiger partial charge is 0.308 e. The van der Waals surface area contributed by atoms with Gasteiger partial charge in [-0.15, -0.1) is 0 Å². The molecule has 2 heterocycles. The van der Waals surface area contributed by atoms with Crippen LogP contribution in [0.25, 0.3) is 11.2 Å². The summed E-state index contributed by atoms with van der Waals surface area (Å²) in [4.78, 5) is 22.5. The summed E-state index contributed by atoms with van der Waals surface area (Å²) in [6, 6.07) is 0.0286. The molecule has 19 heavy (non-hydrogen) atoms. The van der Waals surface area contributed by atoms with Gasteiger partial charge in [-0.2, -0.15) is 0 Å². The first-order valence-corrected chi connectivity index (χ1v) is 6.16. The van der Waals surface area contributed by atoms with Gasteiger partial charge in [-0.25, -0.2) is 15.0 Å². The van der Waals surface area contributed by atoms with Crippen LogP contribution in [0.2, 0.25) is 5.15 Å². The molecule has 2 aromatic heterocycles. The molecule has 8 heteroatoms. The van der Waals surface area contributed by atoms with Crippen LogP contribution >= 0.6 is 11.6 Å². The van der Waals surface area contributed by atoms with E-state index < -0.39 is 0 Å². The second-order valence-electron chi connectivity index (χ2n) is 4.45. The SMILES string of the molecule is O=[N+]([O-])C[C@H]1C=C[C@@H](n2cnc3c(Cl)ncnc32)C1. The Morgan fingerprint density at radius 1 is 1.42 bits per heavy atom. The van der Waals surface area contributed by atoms with Crippen LogP contribution in [0.1, 0.15) is 12.5 Å². The number of aromatic nitrogens is 4. The van der Waals surface area contributed by atoms with Gasteiger partial charge in [0.25, 0.3) is 0 Å². The molecule has 0 bridgehead atoms. The molecule has 0 aliphatic heterocycles. The fourth-order valence-electron chi connectivity index (χ4n) is 2.35. The minimum absolute atomic E-state index is 0.0286. The molecule has 0 amide bonds. The molecule has 1 aliphatic carbocycles. The third-order valence-electron chi connectivity index (χ3n) is 3.20. The van der Waals surface area contributed by atoms with Crippen molar-refractivity contribution in [1.82, 2.24) is 19.5 Å². The number of imidazole rings is 1. The smallest absolute Gasteiger partial charge is 0.210 e. The molecule has 0 radical (unpaired) electrons. The van der Waals surface area contributed by atoms with Gasteiger partial charge in [0.1, 0.15) is 11.8 Å². The molecule has 1 aliphatic rings.